The molecule has 2 fully saturated rings. The Morgan fingerprint density at radius 1 is 1.38 bits per heavy atom. The standard InChI is InChI=1S/C16H26N4O3S/c1-2-15-17-7-9-20(15)13-5-3-8-19(12-13)16(21)18-11-14-6-4-10-24(14,22)23/h7,9,13-14H,2-6,8,10-12H2,1H3,(H,18,21). The van der Waals surface area contributed by atoms with Gasteiger partial charge in [0, 0.05) is 38.4 Å². The number of carbonyl (C=O) groups is 1. The Morgan fingerprint density at radius 3 is 2.92 bits per heavy atom. The molecule has 2 aliphatic rings. The summed E-state index contributed by atoms with van der Waals surface area (Å²) in [6.45, 7) is 3.67. The van der Waals surface area contributed by atoms with E-state index in [-0.39, 0.29) is 24.4 Å². The number of sulfone groups is 1. The third-order valence-corrected chi connectivity index (χ3v) is 7.36. The second-order valence-electron chi connectivity index (χ2n) is 6.66. The number of hydrogen-bond donors (Lipinski definition) is 1. The van der Waals surface area contributed by atoms with Crippen LogP contribution in [0.2, 0.25) is 0 Å². The van der Waals surface area contributed by atoms with Gasteiger partial charge in [-0.05, 0) is 25.7 Å². The van der Waals surface area contributed by atoms with E-state index in [1.54, 1.807) is 4.90 Å². The highest BCUT2D eigenvalue weighted by atomic mass is 32.2. The molecule has 0 bridgehead atoms. The Bertz CT molecular complexity index is 685. The van der Waals surface area contributed by atoms with E-state index >= 15 is 0 Å². The third kappa shape index (κ3) is 3.58. The zero-order valence-electron chi connectivity index (χ0n) is 14.1. The number of imidazole rings is 1. The third-order valence-electron chi connectivity index (χ3n) is 5.09. The minimum atomic E-state index is -3.01. The van der Waals surface area contributed by atoms with Crippen LogP contribution in [0.5, 0.6) is 0 Å². The Morgan fingerprint density at radius 2 is 2.21 bits per heavy atom. The molecule has 24 heavy (non-hydrogen) atoms. The van der Waals surface area contributed by atoms with Crippen molar-refractivity contribution in [2.24, 2.45) is 0 Å². The van der Waals surface area contributed by atoms with Crippen LogP contribution in [0.25, 0.3) is 0 Å². The van der Waals surface area contributed by atoms with Gasteiger partial charge in [0.2, 0.25) is 0 Å². The summed E-state index contributed by atoms with van der Waals surface area (Å²) in [5.74, 6) is 1.29. The number of hydrogen-bond acceptors (Lipinski definition) is 4. The topological polar surface area (TPSA) is 84.3 Å². The van der Waals surface area contributed by atoms with E-state index in [0.717, 1.165) is 31.6 Å². The van der Waals surface area contributed by atoms with Crippen LogP contribution >= 0.6 is 0 Å². The highest BCUT2D eigenvalue weighted by Crippen LogP contribution is 2.23. The average Bonchev–Trinajstić information content (AvgIpc) is 3.18. The van der Waals surface area contributed by atoms with Gasteiger partial charge in [0.05, 0.1) is 17.0 Å². The largest absolute Gasteiger partial charge is 0.337 e. The van der Waals surface area contributed by atoms with Gasteiger partial charge >= 0.3 is 6.03 Å². The molecule has 8 heteroatoms. The Kier molecular flexibility index (Phi) is 5.12. The number of likely N-dealkylation sites (tertiary alicyclic amines) is 1. The van der Waals surface area contributed by atoms with E-state index in [1.165, 1.54) is 0 Å². The lowest BCUT2D eigenvalue weighted by molar-refractivity contribution is 0.166. The molecule has 2 atom stereocenters. The highest BCUT2D eigenvalue weighted by Gasteiger charge is 2.32. The SMILES string of the molecule is CCc1nccn1C1CCCN(C(=O)NCC2CCCS2(=O)=O)C1. The Labute approximate surface area is 143 Å². The van der Waals surface area contributed by atoms with Crippen molar-refractivity contribution in [2.45, 2.75) is 50.3 Å². The number of nitrogens with one attached hydrogen (secondary N) is 1. The molecule has 2 saturated heterocycles. The first-order valence-corrected chi connectivity index (χ1v) is 10.5. The number of urea groups is 1. The first kappa shape index (κ1) is 17.3. The lowest BCUT2D eigenvalue weighted by Crippen LogP contribution is -2.48. The van der Waals surface area contributed by atoms with Crippen LogP contribution in [0.15, 0.2) is 12.4 Å². The molecule has 3 rings (SSSR count). The number of aromatic nitrogens is 2. The van der Waals surface area contributed by atoms with E-state index in [1.807, 2.05) is 12.4 Å². The van der Waals surface area contributed by atoms with Gasteiger partial charge in [-0.2, -0.15) is 0 Å². The minimum Gasteiger partial charge on any atom is -0.337 e. The van der Waals surface area contributed by atoms with Crippen LogP contribution in [0.1, 0.15) is 44.5 Å². The molecule has 7 nitrogen and oxygen atoms in total. The molecular weight excluding hydrogens is 328 g/mol. The summed E-state index contributed by atoms with van der Waals surface area (Å²) < 4.78 is 25.9. The molecule has 1 N–H and O–H groups in total. The van der Waals surface area contributed by atoms with Crippen LogP contribution in [0.4, 0.5) is 4.79 Å². The van der Waals surface area contributed by atoms with Crippen molar-refractivity contribution in [1.29, 1.82) is 0 Å². The second kappa shape index (κ2) is 7.13. The molecule has 0 aliphatic carbocycles. The van der Waals surface area contributed by atoms with Gasteiger partial charge in [0.1, 0.15) is 5.82 Å². The molecule has 2 aliphatic heterocycles. The maximum Gasteiger partial charge on any atom is 0.317 e. The zero-order valence-corrected chi connectivity index (χ0v) is 15.0. The minimum absolute atomic E-state index is 0.153. The lowest BCUT2D eigenvalue weighted by atomic mass is 10.1. The van der Waals surface area contributed by atoms with Gasteiger partial charge < -0.3 is 14.8 Å². The number of aryl methyl sites for hydroxylation is 1. The lowest BCUT2D eigenvalue weighted by Gasteiger charge is -2.34. The molecule has 0 aromatic carbocycles. The van der Waals surface area contributed by atoms with Gasteiger partial charge in [0.15, 0.2) is 9.84 Å². The molecule has 134 valence electrons. The zero-order chi connectivity index (χ0) is 17.2. The molecule has 3 heterocycles. The molecule has 2 amide bonds. The molecule has 1 aromatic rings. The van der Waals surface area contributed by atoms with E-state index in [4.69, 9.17) is 0 Å². The van der Waals surface area contributed by atoms with Crippen LogP contribution in [0.3, 0.4) is 0 Å². The summed E-state index contributed by atoms with van der Waals surface area (Å²) in [6, 6.07) is 0.0946. The number of rotatable bonds is 4. The number of carbonyl (C=O) groups excluding carboxylic acids is 1. The van der Waals surface area contributed by atoms with Crippen molar-refractivity contribution in [1.82, 2.24) is 19.8 Å². The summed E-state index contributed by atoms with van der Waals surface area (Å²) in [4.78, 5) is 18.6. The maximum absolute atomic E-state index is 12.4. The van der Waals surface area contributed by atoms with Gasteiger partial charge in [0.25, 0.3) is 0 Å². The number of amides is 2. The Hall–Kier alpha value is -1.57. The van der Waals surface area contributed by atoms with Gasteiger partial charge in [-0.25, -0.2) is 18.2 Å². The van der Waals surface area contributed by atoms with Crippen LogP contribution < -0.4 is 5.32 Å². The molecule has 2 unspecified atom stereocenters. The van der Waals surface area contributed by atoms with Gasteiger partial charge in [-0.1, -0.05) is 6.92 Å². The fourth-order valence-corrected chi connectivity index (χ4v) is 5.48. The highest BCUT2D eigenvalue weighted by molar-refractivity contribution is 7.92. The summed E-state index contributed by atoms with van der Waals surface area (Å²) in [5, 5.41) is 2.41. The first-order chi connectivity index (χ1) is 11.5. The van der Waals surface area contributed by atoms with Crippen molar-refractivity contribution in [3.63, 3.8) is 0 Å². The molecule has 0 saturated carbocycles. The smallest absolute Gasteiger partial charge is 0.317 e. The number of nitrogens with zero attached hydrogens (tertiary/aromatic N) is 3. The van der Waals surface area contributed by atoms with Crippen LogP contribution in [-0.2, 0) is 16.3 Å². The molecule has 0 radical (unpaired) electrons. The van der Waals surface area contributed by atoms with Crippen LogP contribution in [-0.4, -0.2) is 59.5 Å². The summed E-state index contributed by atoms with van der Waals surface area (Å²) in [7, 11) is -3.01. The Balaban J connectivity index is 1.57. The predicted octanol–water partition coefficient (Wildman–Crippen LogP) is 1.37. The van der Waals surface area contributed by atoms with Gasteiger partial charge in [-0.3, -0.25) is 0 Å². The normalized spacial score (nSPS) is 26.5. The molecular formula is C16H26N4O3S. The van der Waals surface area contributed by atoms with E-state index in [0.29, 0.717) is 19.4 Å². The van der Waals surface area contributed by atoms with E-state index in [2.05, 4.69) is 21.8 Å². The maximum atomic E-state index is 12.4. The summed E-state index contributed by atoms with van der Waals surface area (Å²) in [6.07, 6.45) is 7.99. The monoisotopic (exact) mass is 354 g/mol. The molecule has 0 spiro atoms. The van der Waals surface area contributed by atoms with Crippen molar-refractivity contribution >= 4 is 15.9 Å². The fraction of sp³-hybridized carbons (Fsp3) is 0.750. The van der Waals surface area contributed by atoms with E-state index in [9.17, 15) is 13.2 Å². The van der Waals surface area contributed by atoms with Crippen molar-refractivity contribution < 1.29 is 13.2 Å². The van der Waals surface area contributed by atoms with Crippen molar-refractivity contribution in [3.05, 3.63) is 18.2 Å². The van der Waals surface area contributed by atoms with Crippen LogP contribution in [0, 0.1) is 0 Å². The average molecular weight is 354 g/mol. The second-order valence-corrected chi connectivity index (χ2v) is 9.06. The fourth-order valence-electron chi connectivity index (χ4n) is 3.72. The van der Waals surface area contributed by atoms with Crippen molar-refractivity contribution in [3.8, 4) is 0 Å². The number of piperidine rings is 1. The first-order valence-electron chi connectivity index (χ1n) is 8.77. The quantitative estimate of drug-likeness (QED) is 0.885. The predicted molar refractivity (Wildman–Crippen MR) is 91.7 cm³/mol. The molecule has 1 aromatic heterocycles. The van der Waals surface area contributed by atoms with E-state index < -0.39 is 15.1 Å². The summed E-state index contributed by atoms with van der Waals surface area (Å²) >= 11 is 0. The van der Waals surface area contributed by atoms with Crippen molar-refractivity contribution in [2.75, 3.05) is 25.4 Å². The van der Waals surface area contributed by atoms with Gasteiger partial charge in [-0.15, -0.1) is 0 Å². The summed E-state index contributed by atoms with van der Waals surface area (Å²) in [5.41, 5.74) is 0.